The molecule has 1 amide bonds. The molecule has 0 aliphatic carbocycles. The van der Waals surface area contributed by atoms with Gasteiger partial charge in [-0.2, -0.15) is 0 Å². The van der Waals surface area contributed by atoms with Crippen molar-refractivity contribution in [2.75, 3.05) is 5.32 Å². The van der Waals surface area contributed by atoms with Crippen LogP contribution in [-0.4, -0.2) is 17.1 Å². The summed E-state index contributed by atoms with van der Waals surface area (Å²) in [6.07, 6.45) is 0.0948. The van der Waals surface area contributed by atoms with E-state index in [0.29, 0.717) is 5.56 Å². The van der Waals surface area contributed by atoms with E-state index in [0.717, 1.165) is 15.9 Å². The lowest BCUT2D eigenvalue weighted by Gasteiger charge is -2.11. The van der Waals surface area contributed by atoms with Crippen molar-refractivity contribution in [2.24, 2.45) is 0 Å². The van der Waals surface area contributed by atoms with Crippen LogP contribution < -0.4 is 15.4 Å². The zero-order chi connectivity index (χ0) is 16.8. The van der Waals surface area contributed by atoms with E-state index in [1.165, 1.54) is 0 Å². The van der Waals surface area contributed by atoms with E-state index in [2.05, 4.69) is 26.6 Å². The zero-order valence-corrected chi connectivity index (χ0v) is 15.2. The van der Waals surface area contributed by atoms with Crippen molar-refractivity contribution in [1.82, 2.24) is 5.32 Å². The molecule has 0 radical (unpaired) electrons. The van der Waals surface area contributed by atoms with Crippen LogP contribution in [0.2, 0.25) is 0 Å². The molecule has 0 bridgehead atoms. The second-order valence-corrected chi connectivity index (χ2v) is 6.43. The maximum absolute atomic E-state index is 12.1. The fourth-order valence-electron chi connectivity index (χ4n) is 1.83. The largest absolute Gasteiger partial charge is 0.491 e. The van der Waals surface area contributed by atoms with Crippen molar-refractivity contribution in [3.05, 3.63) is 58.6 Å². The minimum atomic E-state index is -0.268. The minimum absolute atomic E-state index is 0.0948. The first kappa shape index (κ1) is 17.4. The molecular formula is C17H17BrN2O2S. The van der Waals surface area contributed by atoms with Crippen molar-refractivity contribution < 1.29 is 9.53 Å². The summed E-state index contributed by atoms with van der Waals surface area (Å²) in [6, 6.07) is 14.4. The molecule has 6 heteroatoms. The van der Waals surface area contributed by atoms with E-state index in [-0.39, 0.29) is 17.1 Å². The molecular weight excluding hydrogens is 376 g/mol. The molecule has 2 N–H and O–H groups in total. The third kappa shape index (κ3) is 5.65. The van der Waals surface area contributed by atoms with Gasteiger partial charge in [-0.25, -0.2) is 0 Å². The summed E-state index contributed by atoms with van der Waals surface area (Å²) in [7, 11) is 0. The van der Waals surface area contributed by atoms with E-state index >= 15 is 0 Å². The van der Waals surface area contributed by atoms with Crippen molar-refractivity contribution in [1.29, 1.82) is 0 Å². The Morgan fingerprint density at radius 2 is 1.70 bits per heavy atom. The first-order valence-corrected chi connectivity index (χ1v) is 8.29. The van der Waals surface area contributed by atoms with Gasteiger partial charge in [0, 0.05) is 15.7 Å². The number of anilines is 1. The van der Waals surface area contributed by atoms with Gasteiger partial charge in [0.05, 0.1) is 6.10 Å². The number of carbonyl (C=O) groups excluding carboxylic acids is 1. The highest BCUT2D eigenvalue weighted by Crippen LogP contribution is 2.15. The van der Waals surface area contributed by atoms with E-state index in [1.807, 2.05) is 38.1 Å². The third-order valence-corrected chi connectivity index (χ3v) is 3.55. The van der Waals surface area contributed by atoms with Crippen LogP contribution in [0.1, 0.15) is 24.2 Å². The Morgan fingerprint density at radius 1 is 1.09 bits per heavy atom. The highest BCUT2D eigenvalue weighted by Gasteiger charge is 2.08. The molecule has 23 heavy (non-hydrogen) atoms. The molecule has 0 heterocycles. The summed E-state index contributed by atoms with van der Waals surface area (Å²) in [5.74, 6) is 0.461. The van der Waals surface area contributed by atoms with Crippen LogP contribution in [0, 0.1) is 0 Å². The molecule has 2 aromatic rings. The lowest BCUT2D eigenvalue weighted by atomic mass is 10.2. The van der Waals surface area contributed by atoms with Gasteiger partial charge in [0.25, 0.3) is 5.91 Å². The van der Waals surface area contributed by atoms with E-state index in [9.17, 15) is 4.79 Å². The fourth-order valence-corrected chi connectivity index (χ4v) is 2.30. The number of hydrogen-bond acceptors (Lipinski definition) is 3. The number of amides is 1. The third-order valence-electron chi connectivity index (χ3n) is 2.82. The summed E-state index contributed by atoms with van der Waals surface area (Å²) in [5, 5.41) is 5.86. The quantitative estimate of drug-likeness (QED) is 0.758. The fraction of sp³-hybridized carbons (Fsp3) is 0.176. The van der Waals surface area contributed by atoms with Gasteiger partial charge in [-0.1, -0.05) is 15.9 Å². The summed E-state index contributed by atoms with van der Waals surface area (Å²) >= 11 is 8.51. The summed E-state index contributed by atoms with van der Waals surface area (Å²) in [4.78, 5) is 12.1. The van der Waals surface area contributed by atoms with Crippen molar-refractivity contribution in [2.45, 2.75) is 20.0 Å². The monoisotopic (exact) mass is 392 g/mol. The highest BCUT2D eigenvalue weighted by atomic mass is 79.9. The molecule has 120 valence electrons. The Hall–Kier alpha value is -1.92. The van der Waals surface area contributed by atoms with Gasteiger partial charge in [-0.05, 0) is 74.6 Å². The van der Waals surface area contributed by atoms with Crippen molar-refractivity contribution in [3.8, 4) is 5.75 Å². The van der Waals surface area contributed by atoms with E-state index in [1.54, 1.807) is 24.3 Å². The molecule has 2 rings (SSSR count). The van der Waals surface area contributed by atoms with Crippen LogP contribution in [0.3, 0.4) is 0 Å². The van der Waals surface area contributed by atoms with Gasteiger partial charge in [0.15, 0.2) is 5.11 Å². The number of halogens is 1. The van der Waals surface area contributed by atoms with Crippen LogP contribution >= 0.6 is 28.1 Å². The molecule has 0 aliphatic rings. The van der Waals surface area contributed by atoms with Gasteiger partial charge >= 0.3 is 0 Å². The summed E-state index contributed by atoms with van der Waals surface area (Å²) in [6.45, 7) is 3.90. The molecule has 2 aromatic carbocycles. The lowest BCUT2D eigenvalue weighted by Crippen LogP contribution is -2.34. The maximum Gasteiger partial charge on any atom is 0.257 e. The second-order valence-electron chi connectivity index (χ2n) is 5.11. The normalized spacial score (nSPS) is 10.3. The standard InChI is InChI=1S/C17H17BrN2O2S/c1-11(2)22-15-9-3-12(4-10-15)16(21)20-17(23)19-14-7-5-13(18)6-8-14/h3-11H,1-2H3,(H2,19,20,21,23). The Kier molecular flexibility index (Phi) is 6.12. The number of hydrogen-bond donors (Lipinski definition) is 2. The molecule has 0 saturated heterocycles. The first-order chi connectivity index (χ1) is 10.9. The number of ether oxygens (including phenoxy) is 1. The molecule has 0 aliphatic heterocycles. The maximum atomic E-state index is 12.1. The van der Waals surface area contributed by atoms with Gasteiger partial charge < -0.3 is 10.1 Å². The topological polar surface area (TPSA) is 50.4 Å². The smallest absolute Gasteiger partial charge is 0.257 e. The first-order valence-electron chi connectivity index (χ1n) is 7.08. The van der Waals surface area contributed by atoms with Gasteiger partial charge in [-0.15, -0.1) is 0 Å². The summed E-state index contributed by atoms with van der Waals surface area (Å²) in [5.41, 5.74) is 1.32. The van der Waals surface area contributed by atoms with Crippen molar-refractivity contribution >= 4 is 44.9 Å². The highest BCUT2D eigenvalue weighted by molar-refractivity contribution is 9.10. The number of carbonyl (C=O) groups is 1. The second kappa shape index (κ2) is 8.08. The zero-order valence-electron chi connectivity index (χ0n) is 12.8. The molecule has 0 unspecified atom stereocenters. The van der Waals surface area contributed by atoms with Crippen molar-refractivity contribution in [3.63, 3.8) is 0 Å². The minimum Gasteiger partial charge on any atom is -0.491 e. The number of thiocarbonyl (C=S) groups is 1. The average Bonchev–Trinajstić information content (AvgIpc) is 2.49. The van der Waals surface area contributed by atoms with Crippen LogP contribution in [-0.2, 0) is 0 Å². The number of rotatable bonds is 4. The van der Waals surface area contributed by atoms with Gasteiger partial charge in [-0.3, -0.25) is 10.1 Å². The molecule has 0 fully saturated rings. The number of nitrogens with one attached hydrogen (secondary N) is 2. The van der Waals surface area contributed by atoms with E-state index < -0.39 is 0 Å². The predicted octanol–water partition coefficient (Wildman–Crippen LogP) is 4.36. The molecule has 0 aromatic heterocycles. The summed E-state index contributed by atoms with van der Waals surface area (Å²) < 4.78 is 6.52. The molecule has 0 atom stereocenters. The van der Waals surface area contributed by atoms with Gasteiger partial charge in [0.2, 0.25) is 0 Å². The van der Waals surface area contributed by atoms with E-state index in [4.69, 9.17) is 17.0 Å². The van der Waals surface area contributed by atoms with Crippen LogP contribution in [0.25, 0.3) is 0 Å². The SMILES string of the molecule is CC(C)Oc1ccc(C(=O)NC(=S)Nc2ccc(Br)cc2)cc1. The molecule has 0 saturated carbocycles. The number of benzene rings is 2. The van der Waals surface area contributed by atoms with Crippen LogP contribution in [0.5, 0.6) is 5.75 Å². The lowest BCUT2D eigenvalue weighted by molar-refractivity contribution is 0.0977. The Balaban J connectivity index is 1.92. The van der Waals surface area contributed by atoms with Crippen LogP contribution in [0.15, 0.2) is 53.0 Å². The van der Waals surface area contributed by atoms with Gasteiger partial charge in [0.1, 0.15) is 5.75 Å². The van der Waals surface area contributed by atoms with Crippen LogP contribution in [0.4, 0.5) is 5.69 Å². The Morgan fingerprint density at radius 3 is 2.26 bits per heavy atom. The predicted molar refractivity (Wildman–Crippen MR) is 100 cm³/mol. The Bertz CT molecular complexity index is 685. The molecule has 4 nitrogen and oxygen atoms in total. The average molecular weight is 393 g/mol. The Labute approximate surface area is 149 Å². The molecule has 0 spiro atoms.